The Bertz CT molecular complexity index is 753. The van der Waals surface area contributed by atoms with Gasteiger partial charge in [0.1, 0.15) is 5.01 Å². The zero-order valence-electron chi connectivity index (χ0n) is 15.1. The van der Waals surface area contributed by atoms with Gasteiger partial charge in [0.05, 0.1) is 0 Å². The van der Waals surface area contributed by atoms with Crippen LogP contribution >= 0.6 is 22.9 Å². The van der Waals surface area contributed by atoms with Crippen molar-refractivity contribution in [3.63, 3.8) is 0 Å². The second-order valence-corrected chi connectivity index (χ2v) is 8.35. The number of nitrogens with one attached hydrogen (secondary N) is 2. The van der Waals surface area contributed by atoms with Crippen molar-refractivity contribution in [1.29, 1.82) is 0 Å². The normalized spacial score (nSPS) is 11.2. The number of aromatic nitrogens is 2. The average molecular weight is 395 g/mol. The number of benzene rings is 1. The van der Waals surface area contributed by atoms with E-state index in [1.807, 2.05) is 45.0 Å². The van der Waals surface area contributed by atoms with Gasteiger partial charge in [-0.25, -0.2) is 0 Å². The molecule has 0 unspecified atom stereocenters. The summed E-state index contributed by atoms with van der Waals surface area (Å²) in [5.74, 6) is -0.392. The first kappa shape index (κ1) is 20.3. The highest BCUT2D eigenvalue weighted by Gasteiger charge is 2.20. The van der Waals surface area contributed by atoms with Crippen molar-refractivity contribution in [2.45, 2.75) is 45.4 Å². The SMILES string of the molecule is CC(C)(C)c1nnc(NC(=O)CCC(=O)NCCc2ccc(Cl)cc2)s1. The predicted octanol–water partition coefficient (Wildman–Crippen LogP) is 3.57. The highest BCUT2D eigenvalue weighted by atomic mass is 35.5. The molecule has 0 fully saturated rings. The van der Waals surface area contributed by atoms with E-state index in [1.54, 1.807) is 0 Å². The van der Waals surface area contributed by atoms with E-state index in [-0.39, 0.29) is 30.1 Å². The number of amides is 2. The number of rotatable bonds is 7. The fourth-order valence-electron chi connectivity index (χ4n) is 2.07. The van der Waals surface area contributed by atoms with Crippen LogP contribution in [0, 0.1) is 0 Å². The van der Waals surface area contributed by atoms with Crippen LogP contribution in [0.25, 0.3) is 0 Å². The Kier molecular flexibility index (Phi) is 7.11. The quantitative estimate of drug-likeness (QED) is 0.751. The molecule has 0 bridgehead atoms. The summed E-state index contributed by atoms with van der Waals surface area (Å²) in [5, 5.41) is 15.5. The standard InChI is InChI=1S/C18H23ClN4O2S/c1-18(2,3)16-22-23-17(26-16)21-15(25)9-8-14(24)20-11-10-12-4-6-13(19)7-5-12/h4-7H,8-11H2,1-3H3,(H,20,24)(H,21,23,25). The molecule has 1 aromatic heterocycles. The van der Waals surface area contributed by atoms with E-state index in [2.05, 4.69) is 20.8 Å². The molecular weight excluding hydrogens is 372 g/mol. The maximum Gasteiger partial charge on any atom is 0.226 e. The third kappa shape index (κ3) is 6.72. The second-order valence-electron chi connectivity index (χ2n) is 6.94. The molecule has 0 aliphatic carbocycles. The Hall–Kier alpha value is -1.99. The third-order valence-corrected chi connectivity index (χ3v) is 5.06. The minimum absolute atomic E-state index is 0.107. The van der Waals surface area contributed by atoms with Gasteiger partial charge in [0, 0.05) is 29.8 Å². The molecule has 0 saturated heterocycles. The summed E-state index contributed by atoms with van der Waals surface area (Å²) in [7, 11) is 0. The van der Waals surface area contributed by atoms with Crippen LogP contribution < -0.4 is 10.6 Å². The lowest BCUT2D eigenvalue weighted by Gasteiger charge is -2.12. The molecule has 2 rings (SSSR count). The zero-order chi connectivity index (χ0) is 19.2. The van der Waals surface area contributed by atoms with Gasteiger partial charge in [-0.05, 0) is 24.1 Å². The molecule has 0 spiro atoms. The van der Waals surface area contributed by atoms with Crippen molar-refractivity contribution < 1.29 is 9.59 Å². The van der Waals surface area contributed by atoms with E-state index in [1.165, 1.54) is 11.3 Å². The molecule has 2 aromatic rings. The summed E-state index contributed by atoms with van der Waals surface area (Å²) in [6.45, 7) is 6.63. The van der Waals surface area contributed by atoms with Gasteiger partial charge < -0.3 is 10.6 Å². The van der Waals surface area contributed by atoms with E-state index < -0.39 is 0 Å². The topological polar surface area (TPSA) is 84.0 Å². The first-order chi connectivity index (χ1) is 12.2. The summed E-state index contributed by atoms with van der Waals surface area (Å²) in [6.07, 6.45) is 0.962. The molecule has 6 nitrogen and oxygen atoms in total. The maximum absolute atomic E-state index is 11.9. The lowest BCUT2D eigenvalue weighted by molar-refractivity contribution is -0.124. The van der Waals surface area contributed by atoms with E-state index in [9.17, 15) is 9.59 Å². The molecule has 0 aliphatic heterocycles. The third-order valence-electron chi connectivity index (χ3n) is 3.54. The van der Waals surface area contributed by atoms with Crippen LogP contribution in [0.3, 0.4) is 0 Å². The Labute approximate surface area is 162 Å². The smallest absolute Gasteiger partial charge is 0.226 e. The first-order valence-corrected chi connectivity index (χ1v) is 9.58. The molecule has 2 N–H and O–H groups in total. The van der Waals surface area contributed by atoms with Gasteiger partial charge in [0.2, 0.25) is 16.9 Å². The highest BCUT2D eigenvalue weighted by molar-refractivity contribution is 7.15. The zero-order valence-corrected chi connectivity index (χ0v) is 16.7. The second kappa shape index (κ2) is 9.09. The fourth-order valence-corrected chi connectivity index (χ4v) is 3.01. The van der Waals surface area contributed by atoms with Gasteiger partial charge in [-0.15, -0.1) is 10.2 Å². The van der Waals surface area contributed by atoms with Crippen molar-refractivity contribution in [1.82, 2.24) is 15.5 Å². The molecule has 8 heteroatoms. The van der Waals surface area contributed by atoms with Crippen molar-refractivity contribution in [3.8, 4) is 0 Å². The maximum atomic E-state index is 11.9. The van der Waals surface area contributed by atoms with Crippen LogP contribution in [0.1, 0.15) is 44.2 Å². The van der Waals surface area contributed by atoms with Crippen LogP contribution in [-0.4, -0.2) is 28.6 Å². The molecule has 0 atom stereocenters. The Balaban J connectivity index is 1.67. The Morgan fingerprint density at radius 3 is 2.35 bits per heavy atom. The van der Waals surface area contributed by atoms with Crippen LogP contribution in [0.4, 0.5) is 5.13 Å². The van der Waals surface area contributed by atoms with Gasteiger partial charge in [-0.3, -0.25) is 9.59 Å². The number of carbonyl (C=O) groups is 2. The van der Waals surface area contributed by atoms with Crippen LogP contribution in [0.15, 0.2) is 24.3 Å². The van der Waals surface area contributed by atoms with Gasteiger partial charge in [0.15, 0.2) is 0 Å². The van der Waals surface area contributed by atoms with Gasteiger partial charge in [0.25, 0.3) is 0 Å². The Morgan fingerprint density at radius 2 is 1.73 bits per heavy atom. The highest BCUT2D eigenvalue weighted by Crippen LogP contribution is 2.27. The van der Waals surface area contributed by atoms with E-state index in [0.717, 1.165) is 17.0 Å². The van der Waals surface area contributed by atoms with Crippen LogP contribution in [-0.2, 0) is 21.4 Å². The van der Waals surface area contributed by atoms with Crippen LogP contribution in [0.5, 0.6) is 0 Å². The van der Waals surface area contributed by atoms with Crippen LogP contribution in [0.2, 0.25) is 5.02 Å². The monoisotopic (exact) mass is 394 g/mol. The number of hydrogen-bond donors (Lipinski definition) is 2. The molecular formula is C18H23ClN4O2S. The molecule has 140 valence electrons. The van der Waals surface area contributed by atoms with Gasteiger partial charge in [-0.2, -0.15) is 0 Å². The number of anilines is 1. The largest absolute Gasteiger partial charge is 0.356 e. The van der Waals surface area contributed by atoms with Gasteiger partial charge >= 0.3 is 0 Å². The number of hydrogen-bond acceptors (Lipinski definition) is 5. The van der Waals surface area contributed by atoms with E-state index in [4.69, 9.17) is 11.6 Å². The van der Waals surface area contributed by atoms with E-state index >= 15 is 0 Å². The molecule has 1 aromatic carbocycles. The minimum atomic E-state index is -0.241. The van der Waals surface area contributed by atoms with Crippen molar-refractivity contribution in [3.05, 3.63) is 39.9 Å². The summed E-state index contributed by atoms with van der Waals surface area (Å²) in [4.78, 5) is 23.8. The van der Waals surface area contributed by atoms with Gasteiger partial charge in [-0.1, -0.05) is 55.8 Å². The van der Waals surface area contributed by atoms with E-state index in [0.29, 0.717) is 16.7 Å². The number of carbonyl (C=O) groups excluding carboxylic acids is 2. The number of halogens is 1. The average Bonchev–Trinajstić information content (AvgIpc) is 3.03. The fraction of sp³-hybridized carbons (Fsp3) is 0.444. The molecule has 0 saturated carbocycles. The molecule has 0 aliphatic rings. The van der Waals surface area contributed by atoms with Crippen molar-refractivity contribution in [2.75, 3.05) is 11.9 Å². The van der Waals surface area contributed by atoms with Crippen molar-refractivity contribution >= 4 is 39.9 Å². The summed E-state index contributed by atoms with van der Waals surface area (Å²) in [6, 6.07) is 7.49. The van der Waals surface area contributed by atoms with Crippen molar-refractivity contribution in [2.24, 2.45) is 0 Å². The Morgan fingerprint density at radius 1 is 1.08 bits per heavy atom. The molecule has 0 radical (unpaired) electrons. The number of nitrogens with zero attached hydrogens (tertiary/aromatic N) is 2. The summed E-state index contributed by atoms with van der Waals surface area (Å²) < 4.78 is 0. The lowest BCUT2D eigenvalue weighted by Crippen LogP contribution is -2.26. The summed E-state index contributed by atoms with van der Waals surface area (Å²) in [5.41, 5.74) is 0.989. The lowest BCUT2D eigenvalue weighted by atomic mass is 9.98. The summed E-state index contributed by atoms with van der Waals surface area (Å²) >= 11 is 7.18. The predicted molar refractivity (Wildman–Crippen MR) is 105 cm³/mol. The first-order valence-electron chi connectivity index (χ1n) is 8.39. The molecule has 2 amide bonds. The molecule has 1 heterocycles. The molecule has 26 heavy (non-hydrogen) atoms. The minimum Gasteiger partial charge on any atom is -0.356 e.